The monoisotopic (exact) mass is 226 g/mol. The van der Waals surface area contributed by atoms with Crippen LogP contribution in [0.25, 0.3) is 0 Å². The second-order valence-electron chi connectivity index (χ2n) is 5.83. The van der Waals surface area contributed by atoms with Gasteiger partial charge in [0.25, 0.3) is 0 Å². The predicted molar refractivity (Wildman–Crippen MR) is 71.6 cm³/mol. The van der Waals surface area contributed by atoms with Crippen molar-refractivity contribution in [3.8, 4) is 0 Å². The Kier molecular flexibility index (Phi) is 5.77. The van der Waals surface area contributed by atoms with Crippen molar-refractivity contribution in [1.82, 2.24) is 4.90 Å². The highest BCUT2D eigenvalue weighted by Crippen LogP contribution is 2.35. The Hall–Kier alpha value is -0.0800. The number of likely N-dealkylation sites (N-methyl/N-ethyl adjacent to an activating group) is 1. The van der Waals surface area contributed by atoms with Gasteiger partial charge in [-0.3, -0.25) is 4.90 Å². The van der Waals surface area contributed by atoms with Gasteiger partial charge in [-0.05, 0) is 39.3 Å². The summed E-state index contributed by atoms with van der Waals surface area (Å²) in [5.41, 5.74) is 6.23. The van der Waals surface area contributed by atoms with Gasteiger partial charge in [0.15, 0.2) is 0 Å². The first-order valence-electron chi connectivity index (χ1n) is 7.03. The summed E-state index contributed by atoms with van der Waals surface area (Å²) >= 11 is 0. The molecule has 1 aliphatic carbocycles. The zero-order chi connectivity index (χ0) is 12.0. The lowest BCUT2D eigenvalue weighted by molar-refractivity contribution is 0.0903. The largest absolute Gasteiger partial charge is 0.329 e. The summed E-state index contributed by atoms with van der Waals surface area (Å²) in [5.74, 6) is 0.946. The zero-order valence-corrected chi connectivity index (χ0v) is 11.5. The van der Waals surface area contributed by atoms with E-state index >= 15 is 0 Å². The Labute approximate surface area is 102 Å². The molecule has 1 saturated carbocycles. The molecule has 2 N–H and O–H groups in total. The molecule has 0 aromatic carbocycles. The molecule has 0 bridgehead atoms. The normalized spacial score (nSPS) is 20.8. The Bertz CT molecular complexity index is 189. The Morgan fingerprint density at radius 3 is 2.44 bits per heavy atom. The molecule has 1 rings (SSSR count). The molecule has 0 radical (unpaired) electrons. The molecule has 1 unspecified atom stereocenters. The van der Waals surface area contributed by atoms with Gasteiger partial charge in [0, 0.05) is 12.1 Å². The number of hydrogen-bond acceptors (Lipinski definition) is 2. The van der Waals surface area contributed by atoms with Crippen molar-refractivity contribution in [2.45, 2.75) is 64.3 Å². The Morgan fingerprint density at radius 1 is 1.31 bits per heavy atom. The zero-order valence-electron chi connectivity index (χ0n) is 11.5. The van der Waals surface area contributed by atoms with E-state index in [1.54, 1.807) is 0 Å². The molecule has 2 nitrogen and oxygen atoms in total. The molecule has 96 valence electrons. The molecule has 1 aliphatic rings. The summed E-state index contributed by atoms with van der Waals surface area (Å²) in [5, 5.41) is 0. The second-order valence-corrected chi connectivity index (χ2v) is 5.83. The topological polar surface area (TPSA) is 29.3 Å². The van der Waals surface area contributed by atoms with Crippen LogP contribution < -0.4 is 5.73 Å². The minimum atomic E-state index is 0.235. The van der Waals surface area contributed by atoms with Crippen LogP contribution in [0.15, 0.2) is 0 Å². The summed E-state index contributed by atoms with van der Waals surface area (Å²) in [4.78, 5) is 2.50. The van der Waals surface area contributed by atoms with Gasteiger partial charge < -0.3 is 5.73 Å². The van der Waals surface area contributed by atoms with Crippen molar-refractivity contribution in [3.05, 3.63) is 0 Å². The lowest BCUT2D eigenvalue weighted by Gasteiger charge is -2.42. The average molecular weight is 226 g/mol. The maximum Gasteiger partial charge on any atom is 0.0303 e. The van der Waals surface area contributed by atoms with Crippen LogP contribution in [0.1, 0.15) is 58.8 Å². The third-order valence-corrected chi connectivity index (χ3v) is 4.41. The fraction of sp³-hybridized carbons (Fsp3) is 1.00. The number of nitrogens with zero attached hydrogens (tertiary/aromatic N) is 1. The van der Waals surface area contributed by atoms with E-state index in [1.165, 1.54) is 51.5 Å². The van der Waals surface area contributed by atoms with Gasteiger partial charge in [-0.1, -0.05) is 39.0 Å². The van der Waals surface area contributed by atoms with E-state index in [0.29, 0.717) is 0 Å². The van der Waals surface area contributed by atoms with E-state index in [2.05, 4.69) is 25.8 Å². The minimum absolute atomic E-state index is 0.235. The summed E-state index contributed by atoms with van der Waals surface area (Å²) in [7, 11) is 2.25. The van der Waals surface area contributed by atoms with Gasteiger partial charge in [0.1, 0.15) is 0 Å². The van der Waals surface area contributed by atoms with E-state index in [4.69, 9.17) is 5.73 Å². The minimum Gasteiger partial charge on any atom is -0.329 e. The smallest absolute Gasteiger partial charge is 0.0303 e. The van der Waals surface area contributed by atoms with Crippen molar-refractivity contribution in [3.63, 3.8) is 0 Å². The number of unbranched alkanes of at least 4 members (excludes halogenated alkanes) is 2. The summed E-state index contributed by atoms with van der Waals surface area (Å²) in [6.07, 6.45) is 9.55. The molecular formula is C14H30N2. The van der Waals surface area contributed by atoms with Gasteiger partial charge in [-0.2, -0.15) is 0 Å². The van der Waals surface area contributed by atoms with Gasteiger partial charge in [0.05, 0.1) is 0 Å². The highest BCUT2D eigenvalue weighted by Gasteiger charge is 2.32. The van der Waals surface area contributed by atoms with Gasteiger partial charge >= 0.3 is 0 Å². The first-order valence-corrected chi connectivity index (χ1v) is 7.03. The fourth-order valence-corrected chi connectivity index (χ4v) is 2.58. The molecule has 0 amide bonds. The quantitative estimate of drug-likeness (QED) is 0.645. The maximum atomic E-state index is 6.00. The fourth-order valence-electron chi connectivity index (χ4n) is 2.58. The molecule has 2 heteroatoms. The SMILES string of the molecule is CCCCCN(C)C(C)(CN)CC1CCC1. The second kappa shape index (κ2) is 6.61. The number of rotatable bonds is 8. The van der Waals surface area contributed by atoms with Crippen LogP contribution in [0, 0.1) is 5.92 Å². The van der Waals surface area contributed by atoms with Gasteiger partial charge in [0.2, 0.25) is 0 Å². The first-order chi connectivity index (χ1) is 7.62. The van der Waals surface area contributed by atoms with E-state index < -0.39 is 0 Å². The van der Waals surface area contributed by atoms with Crippen LogP contribution >= 0.6 is 0 Å². The van der Waals surface area contributed by atoms with Crippen molar-refractivity contribution >= 4 is 0 Å². The first kappa shape index (κ1) is 14.0. The van der Waals surface area contributed by atoms with Gasteiger partial charge in [-0.15, -0.1) is 0 Å². The van der Waals surface area contributed by atoms with Crippen LogP contribution in [-0.4, -0.2) is 30.6 Å². The van der Waals surface area contributed by atoms with Crippen LogP contribution in [0.2, 0.25) is 0 Å². The van der Waals surface area contributed by atoms with E-state index in [-0.39, 0.29) is 5.54 Å². The molecule has 0 spiro atoms. The highest BCUT2D eigenvalue weighted by atomic mass is 15.2. The van der Waals surface area contributed by atoms with Crippen molar-refractivity contribution in [2.75, 3.05) is 20.1 Å². The van der Waals surface area contributed by atoms with Crippen molar-refractivity contribution in [2.24, 2.45) is 11.7 Å². The van der Waals surface area contributed by atoms with Crippen LogP contribution in [0.3, 0.4) is 0 Å². The molecule has 0 heterocycles. The number of hydrogen-bond donors (Lipinski definition) is 1. The summed E-state index contributed by atoms with van der Waals surface area (Å²) in [6, 6.07) is 0. The Morgan fingerprint density at radius 2 is 2.00 bits per heavy atom. The maximum absolute atomic E-state index is 6.00. The molecule has 0 saturated heterocycles. The molecule has 1 fully saturated rings. The average Bonchev–Trinajstić information content (AvgIpc) is 2.23. The number of nitrogens with two attached hydrogens (primary N) is 1. The third-order valence-electron chi connectivity index (χ3n) is 4.41. The molecule has 0 aromatic rings. The molecule has 0 aromatic heterocycles. The molecule has 16 heavy (non-hydrogen) atoms. The Balaban J connectivity index is 2.35. The van der Waals surface area contributed by atoms with E-state index in [0.717, 1.165) is 12.5 Å². The lowest BCUT2D eigenvalue weighted by Crippen LogP contribution is -2.51. The van der Waals surface area contributed by atoms with Crippen LogP contribution in [0.5, 0.6) is 0 Å². The van der Waals surface area contributed by atoms with E-state index in [9.17, 15) is 0 Å². The molecule has 0 aliphatic heterocycles. The molecule has 1 atom stereocenters. The molecular weight excluding hydrogens is 196 g/mol. The third kappa shape index (κ3) is 3.74. The predicted octanol–water partition coefficient (Wildman–Crippen LogP) is 3.02. The van der Waals surface area contributed by atoms with Crippen LogP contribution in [0.4, 0.5) is 0 Å². The standard InChI is InChI=1S/C14H30N2/c1-4-5-6-10-16(3)14(2,12-15)11-13-8-7-9-13/h13H,4-12,15H2,1-3H3. The van der Waals surface area contributed by atoms with E-state index in [1.807, 2.05) is 0 Å². The van der Waals surface area contributed by atoms with Crippen LogP contribution in [-0.2, 0) is 0 Å². The van der Waals surface area contributed by atoms with Crippen molar-refractivity contribution in [1.29, 1.82) is 0 Å². The van der Waals surface area contributed by atoms with Crippen molar-refractivity contribution < 1.29 is 0 Å². The highest BCUT2D eigenvalue weighted by molar-refractivity contribution is 4.90. The van der Waals surface area contributed by atoms with Gasteiger partial charge in [-0.25, -0.2) is 0 Å². The summed E-state index contributed by atoms with van der Waals surface area (Å²) in [6.45, 7) is 6.61. The summed E-state index contributed by atoms with van der Waals surface area (Å²) < 4.78 is 0. The lowest BCUT2D eigenvalue weighted by atomic mass is 9.76.